The Kier molecular flexibility index (Phi) is 4.50. The molecule has 5 heteroatoms. The van der Waals surface area contributed by atoms with Crippen molar-refractivity contribution >= 4 is 0 Å². The van der Waals surface area contributed by atoms with Gasteiger partial charge in [-0.2, -0.15) is 0 Å². The highest BCUT2D eigenvalue weighted by Crippen LogP contribution is 2.18. The first-order valence-corrected chi connectivity index (χ1v) is 7.56. The van der Waals surface area contributed by atoms with Crippen LogP contribution in [0.5, 0.6) is 5.75 Å². The standard InChI is InChI=1S/C16H22N4O/c1-19-13-9-18-16(19)6-12-20-10-4-15(5-11-20)21-14-2-7-17-8-3-14/h2-3,7-9,13,15H,4-6,10-12H2,1H3. The summed E-state index contributed by atoms with van der Waals surface area (Å²) in [4.78, 5) is 10.9. The molecule has 0 unspecified atom stereocenters. The highest BCUT2D eigenvalue weighted by atomic mass is 16.5. The van der Waals surface area contributed by atoms with Gasteiger partial charge in [-0.25, -0.2) is 4.98 Å². The Morgan fingerprint density at radius 2 is 1.95 bits per heavy atom. The minimum absolute atomic E-state index is 0.330. The maximum Gasteiger partial charge on any atom is 0.122 e. The molecule has 0 radical (unpaired) electrons. The largest absolute Gasteiger partial charge is 0.490 e. The molecule has 0 saturated carbocycles. The first kappa shape index (κ1) is 14.1. The second-order valence-electron chi connectivity index (χ2n) is 5.55. The summed E-state index contributed by atoms with van der Waals surface area (Å²) < 4.78 is 8.09. The maximum absolute atomic E-state index is 5.99. The Labute approximate surface area is 125 Å². The summed E-state index contributed by atoms with van der Waals surface area (Å²) in [5.74, 6) is 2.08. The number of hydrogen-bond donors (Lipinski definition) is 0. The van der Waals surface area contributed by atoms with Gasteiger partial charge in [-0.15, -0.1) is 0 Å². The molecule has 1 aliphatic heterocycles. The van der Waals surface area contributed by atoms with E-state index in [2.05, 4.69) is 26.5 Å². The average Bonchev–Trinajstić information content (AvgIpc) is 2.93. The van der Waals surface area contributed by atoms with Crippen molar-refractivity contribution in [3.05, 3.63) is 42.7 Å². The molecular weight excluding hydrogens is 264 g/mol. The van der Waals surface area contributed by atoms with Crippen LogP contribution in [0.1, 0.15) is 18.7 Å². The number of rotatable bonds is 5. The van der Waals surface area contributed by atoms with Gasteiger partial charge in [0.05, 0.1) is 0 Å². The molecule has 2 aromatic heterocycles. The van der Waals surface area contributed by atoms with Crippen molar-refractivity contribution in [3.63, 3.8) is 0 Å². The molecule has 0 amide bonds. The lowest BCUT2D eigenvalue weighted by Gasteiger charge is -2.32. The molecule has 0 spiro atoms. The molecule has 0 aliphatic carbocycles. The van der Waals surface area contributed by atoms with Crippen LogP contribution in [-0.4, -0.2) is 45.2 Å². The topological polar surface area (TPSA) is 43.2 Å². The summed E-state index contributed by atoms with van der Waals surface area (Å²) >= 11 is 0. The normalized spacial score (nSPS) is 17.0. The third kappa shape index (κ3) is 3.82. The second-order valence-corrected chi connectivity index (χ2v) is 5.55. The number of aromatic nitrogens is 3. The van der Waals surface area contributed by atoms with Crippen LogP contribution in [0.2, 0.25) is 0 Å². The average molecular weight is 286 g/mol. The van der Waals surface area contributed by atoms with Gasteiger partial charge in [0.15, 0.2) is 0 Å². The number of aryl methyl sites for hydroxylation is 1. The predicted octanol–water partition coefficient (Wildman–Crippen LogP) is 1.90. The summed E-state index contributed by atoms with van der Waals surface area (Å²) in [7, 11) is 2.05. The fourth-order valence-electron chi connectivity index (χ4n) is 2.76. The molecule has 0 aromatic carbocycles. The fourth-order valence-corrected chi connectivity index (χ4v) is 2.76. The lowest BCUT2D eigenvalue weighted by Crippen LogP contribution is -2.39. The van der Waals surface area contributed by atoms with E-state index in [4.69, 9.17) is 4.74 Å². The van der Waals surface area contributed by atoms with E-state index in [0.29, 0.717) is 6.10 Å². The van der Waals surface area contributed by atoms with Gasteiger partial charge in [-0.1, -0.05) is 0 Å². The summed E-state index contributed by atoms with van der Waals surface area (Å²) in [6.45, 7) is 3.27. The SMILES string of the molecule is Cn1ccnc1CCN1CCC(Oc2ccncc2)CC1. The smallest absolute Gasteiger partial charge is 0.122 e. The number of nitrogens with zero attached hydrogens (tertiary/aromatic N) is 4. The van der Waals surface area contributed by atoms with Crippen LogP contribution in [0.4, 0.5) is 0 Å². The summed E-state index contributed by atoms with van der Waals surface area (Å²) in [6.07, 6.45) is 10.9. The van der Waals surface area contributed by atoms with Crippen LogP contribution < -0.4 is 4.74 Å². The van der Waals surface area contributed by atoms with Crippen molar-refractivity contribution in [2.45, 2.75) is 25.4 Å². The van der Waals surface area contributed by atoms with Crippen molar-refractivity contribution < 1.29 is 4.74 Å². The third-order valence-electron chi connectivity index (χ3n) is 4.06. The molecule has 21 heavy (non-hydrogen) atoms. The molecule has 2 aromatic rings. The van der Waals surface area contributed by atoms with E-state index < -0.39 is 0 Å². The van der Waals surface area contributed by atoms with Gasteiger partial charge in [0.2, 0.25) is 0 Å². The quantitative estimate of drug-likeness (QED) is 0.842. The molecule has 1 saturated heterocycles. The monoisotopic (exact) mass is 286 g/mol. The number of ether oxygens (including phenoxy) is 1. The Balaban J connectivity index is 1.42. The molecule has 0 N–H and O–H groups in total. The number of imidazole rings is 1. The lowest BCUT2D eigenvalue weighted by molar-refractivity contribution is 0.101. The molecule has 0 bridgehead atoms. The van der Waals surface area contributed by atoms with E-state index in [-0.39, 0.29) is 0 Å². The Morgan fingerprint density at radius 3 is 2.62 bits per heavy atom. The van der Waals surface area contributed by atoms with Crippen LogP contribution >= 0.6 is 0 Å². The van der Waals surface area contributed by atoms with Gasteiger partial charge in [-0.3, -0.25) is 4.98 Å². The van der Waals surface area contributed by atoms with Crippen molar-refractivity contribution in [1.29, 1.82) is 0 Å². The molecule has 0 atom stereocenters. The van der Waals surface area contributed by atoms with E-state index in [1.54, 1.807) is 12.4 Å². The molecule has 3 rings (SSSR count). The van der Waals surface area contributed by atoms with Crippen LogP contribution in [0.3, 0.4) is 0 Å². The minimum Gasteiger partial charge on any atom is -0.490 e. The van der Waals surface area contributed by atoms with Crippen molar-refractivity contribution in [2.24, 2.45) is 7.05 Å². The molecule has 112 valence electrons. The number of piperidine rings is 1. The number of hydrogen-bond acceptors (Lipinski definition) is 4. The van der Waals surface area contributed by atoms with E-state index in [0.717, 1.165) is 50.5 Å². The Hall–Kier alpha value is -1.88. The van der Waals surface area contributed by atoms with E-state index in [9.17, 15) is 0 Å². The maximum atomic E-state index is 5.99. The van der Waals surface area contributed by atoms with Gasteiger partial charge in [0.25, 0.3) is 0 Å². The molecule has 1 fully saturated rings. The number of pyridine rings is 1. The molecule has 5 nitrogen and oxygen atoms in total. The van der Waals surface area contributed by atoms with E-state index in [1.807, 2.05) is 24.5 Å². The van der Waals surface area contributed by atoms with Crippen molar-refractivity contribution in [3.8, 4) is 5.75 Å². The van der Waals surface area contributed by atoms with Gasteiger partial charge in [-0.05, 0) is 25.0 Å². The Bertz CT molecular complexity index is 546. The number of likely N-dealkylation sites (tertiary alicyclic amines) is 1. The highest BCUT2D eigenvalue weighted by Gasteiger charge is 2.20. The first-order chi connectivity index (χ1) is 10.3. The molecular formula is C16H22N4O. The second kappa shape index (κ2) is 6.72. The van der Waals surface area contributed by atoms with Crippen molar-refractivity contribution in [2.75, 3.05) is 19.6 Å². The van der Waals surface area contributed by atoms with Gasteiger partial charge in [0, 0.05) is 57.9 Å². The summed E-state index contributed by atoms with van der Waals surface area (Å²) in [5.41, 5.74) is 0. The van der Waals surface area contributed by atoms with E-state index in [1.165, 1.54) is 0 Å². The van der Waals surface area contributed by atoms with Crippen LogP contribution in [0, 0.1) is 0 Å². The van der Waals surface area contributed by atoms with Crippen molar-refractivity contribution in [1.82, 2.24) is 19.4 Å². The van der Waals surface area contributed by atoms with Gasteiger partial charge in [0.1, 0.15) is 17.7 Å². The van der Waals surface area contributed by atoms with E-state index >= 15 is 0 Å². The summed E-state index contributed by atoms with van der Waals surface area (Å²) in [6, 6.07) is 3.85. The predicted molar refractivity (Wildman–Crippen MR) is 81.2 cm³/mol. The van der Waals surface area contributed by atoms with Crippen LogP contribution in [-0.2, 0) is 13.5 Å². The van der Waals surface area contributed by atoms with Crippen LogP contribution in [0.15, 0.2) is 36.9 Å². The third-order valence-corrected chi connectivity index (χ3v) is 4.06. The van der Waals surface area contributed by atoms with Crippen LogP contribution in [0.25, 0.3) is 0 Å². The molecule has 3 heterocycles. The zero-order valence-corrected chi connectivity index (χ0v) is 12.5. The zero-order valence-electron chi connectivity index (χ0n) is 12.5. The zero-order chi connectivity index (χ0) is 14.5. The fraction of sp³-hybridized carbons (Fsp3) is 0.500. The first-order valence-electron chi connectivity index (χ1n) is 7.56. The summed E-state index contributed by atoms with van der Waals surface area (Å²) in [5, 5.41) is 0. The highest BCUT2D eigenvalue weighted by molar-refractivity contribution is 5.17. The Morgan fingerprint density at radius 1 is 1.19 bits per heavy atom. The van der Waals surface area contributed by atoms with Gasteiger partial charge < -0.3 is 14.2 Å². The lowest BCUT2D eigenvalue weighted by atomic mass is 10.1. The van der Waals surface area contributed by atoms with Gasteiger partial charge >= 0.3 is 0 Å². The minimum atomic E-state index is 0.330. The molecule has 1 aliphatic rings.